The molecule has 0 aromatic carbocycles. The van der Waals surface area contributed by atoms with Gasteiger partial charge in [-0.2, -0.15) is 0 Å². The van der Waals surface area contributed by atoms with Crippen molar-refractivity contribution in [2.45, 2.75) is 38.8 Å². The monoisotopic (exact) mass is 213 g/mol. The van der Waals surface area contributed by atoms with Gasteiger partial charge >= 0.3 is 0 Å². The minimum absolute atomic E-state index is 0.0229. The Kier molecular flexibility index (Phi) is 4.54. The number of carbonyl (C=O) groups is 1. The lowest BCUT2D eigenvalue weighted by Gasteiger charge is -2.21. The first-order chi connectivity index (χ1) is 7.02. The molecule has 2 atom stereocenters. The van der Waals surface area contributed by atoms with E-state index in [2.05, 4.69) is 17.3 Å². The zero-order valence-corrected chi connectivity index (χ0v) is 9.99. The lowest BCUT2D eigenvalue weighted by molar-refractivity contribution is -0.123. The molecule has 1 unspecified atom stereocenters. The quantitative estimate of drug-likeness (QED) is 0.700. The Morgan fingerprint density at radius 2 is 2.27 bits per heavy atom. The fourth-order valence-corrected chi connectivity index (χ4v) is 1.88. The molecular formula is C11H23N3O. The Morgan fingerprint density at radius 1 is 1.60 bits per heavy atom. The highest BCUT2D eigenvalue weighted by molar-refractivity contribution is 5.81. The molecule has 1 aliphatic heterocycles. The number of hydrogen-bond acceptors (Lipinski definition) is 3. The predicted octanol–water partition coefficient (Wildman–Crippen LogP) is 0.180. The summed E-state index contributed by atoms with van der Waals surface area (Å²) < 4.78 is 0. The van der Waals surface area contributed by atoms with Gasteiger partial charge in [-0.1, -0.05) is 13.8 Å². The van der Waals surface area contributed by atoms with E-state index in [4.69, 9.17) is 5.73 Å². The van der Waals surface area contributed by atoms with Gasteiger partial charge in [-0.15, -0.1) is 0 Å². The number of nitrogens with zero attached hydrogens (tertiary/aromatic N) is 1. The van der Waals surface area contributed by atoms with E-state index in [-0.39, 0.29) is 17.9 Å². The molecule has 1 heterocycles. The first kappa shape index (κ1) is 12.5. The van der Waals surface area contributed by atoms with Crippen molar-refractivity contribution < 1.29 is 4.79 Å². The molecule has 0 aromatic heterocycles. The van der Waals surface area contributed by atoms with Gasteiger partial charge in [0, 0.05) is 12.6 Å². The van der Waals surface area contributed by atoms with Gasteiger partial charge in [-0.05, 0) is 32.4 Å². The molecule has 3 N–H and O–H groups in total. The SMILES string of the molecule is CC(C)[C@@H](N)C(=O)NCC1CCCN1C. The molecule has 4 heteroatoms. The molecule has 0 aromatic rings. The smallest absolute Gasteiger partial charge is 0.237 e. The van der Waals surface area contributed by atoms with Crippen LogP contribution in [0.1, 0.15) is 26.7 Å². The molecule has 4 nitrogen and oxygen atoms in total. The zero-order valence-electron chi connectivity index (χ0n) is 9.99. The van der Waals surface area contributed by atoms with Crippen LogP contribution < -0.4 is 11.1 Å². The normalized spacial score (nSPS) is 24.5. The second-order valence-electron chi connectivity index (χ2n) is 4.79. The van der Waals surface area contributed by atoms with Crippen LogP contribution in [0.5, 0.6) is 0 Å². The highest BCUT2D eigenvalue weighted by atomic mass is 16.2. The second-order valence-corrected chi connectivity index (χ2v) is 4.79. The molecule has 1 fully saturated rings. The Labute approximate surface area is 92.2 Å². The third kappa shape index (κ3) is 3.47. The fraction of sp³-hybridized carbons (Fsp3) is 0.909. The van der Waals surface area contributed by atoms with Crippen LogP contribution in [0.15, 0.2) is 0 Å². The summed E-state index contributed by atoms with van der Waals surface area (Å²) in [6, 6.07) is 0.116. The number of likely N-dealkylation sites (tertiary alicyclic amines) is 1. The van der Waals surface area contributed by atoms with Crippen molar-refractivity contribution in [3.05, 3.63) is 0 Å². The summed E-state index contributed by atoms with van der Waals surface area (Å²) in [4.78, 5) is 13.9. The first-order valence-corrected chi connectivity index (χ1v) is 5.76. The van der Waals surface area contributed by atoms with Crippen LogP contribution in [-0.4, -0.2) is 43.0 Å². The highest BCUT2D eigenvalue weighted by Crippen LogP contribution is 2.13. The molecule has 1 amide bonds. The van der Waals surface area contributed by atoms with Crippen LogP contribution >= 0.6 is 0 Å². The Morgan fingerprint density at radius 3 is 2.73 bits per heavy atom. The number of amides is 1. The van der Waals surface area contributed by atoms with Crippen LogP contribution in [0, 0.1) is 5.92 Å². The Bertz CT molecular complexity index is 218. The van der Waals surface area contributed by atoms with Gasteiger partial charge in [0.2, 0.25) is 5.91 Å². The molecule has 0 aliphatic carbocycles. The predicted molar refractivity (Wildman–Crippen MR) is 61.5 cm³/mol. The summed E-state index contributed by atoms with van der Waals surface area (Å²) >= 11 is 0. The average Bonchev–Trinajstić information content (AvgIpc) is 2.59. The summed E-state index contributed by atoms with van der Waals surface area (Å²) in [5.41, 5.74) is 5.75. The van der Waals surface area contributed by atoms with Crippen LogP contribution in [0.2, 0.25) is 0 Å². The number of nitrogens with one attached hydrogen (secondary N) is 1. The zero-order chi connectivity index (χ0) is 11.4. The van der Waals surface area contributed by atoms with Gasteiger partial charge in [-0.3, -0.25) is 4.79 Å². The molecule has 1 rings (SSSR count). The Balaban J connectivity index is 2.27. The summed E-state index contributed by atoms with van der Waals surface area (Å²) in [6.07, 6.45) is 2.40. The maximum atomic E-state index is 11.6. The van der Waals surface area contributed by atoms with Crippen molar-refractivity contribution in [3.8, 4) is 0 Å². The minimum Gasteiger partial charge on any atom is -0.353 e. The van der Waals surface area contributed by atoms with Gasteiger partial charge in [-0.25, -0.2) is 0 Å². The number of carbonyl (C=O) groups excluding carboxylic acids is 1. The van der Waals surface area contributed by atoms with Crippen LogP contribution in [0.3, 0.4) is 0 Å². The number of likely N-dealkylation sites (N-methyl/N-ethyl adjacent to an activating group) is 1. The van der Waals surface area contributed by atoms with E-state index in [0.29, 0.717) is 6.04 Å². The van der Waals surface area contributed by atoms with Gasteiger partial charge in [0.05, 0.1) is 6.04 Å². The van der Waals surface area contributed by atoms with Gasteiger partial charge in [0.1, 0.15) is 0 Å². The van der Waals surface area contributed by atoms with Crippen molar-refractivity contribution in [2.75, 3.05) is 20.1 Å². The molecule has 0 bridgehead atoms. The number of hydrogen-bond donors (Lipinski definition) is 2. The summed E-state index contributed by atoms with van der Waals surface area (Å²) in [5, 5.41) is 2.93. The summed E-state index contributed by atoms with van der Waals surface area (Å²) in [5.74, 6) is 0.177. The molecule has 1 aliphatic rings. The molecule has 1 saturated heterocycles. The van der Waals surface area contributed by atoms with E-state index in [9.17, 15) is 4.79 Å². The molecule has 0 saturated carbocycles. The molecule has 0 radical (unpaired) electrons. The van der Waals surface area contributed by atoms with E-state index in [1.807, 2.05) is 13.8 Å². The largest absolute Gasteiger partial charge is 0.353 e. The van der Waals surface area contributed by atoms with Crippen molar-refractivity contribution in [3.63, 3.8) is 0 Å². The topological polar surface area (TPSA) is 58.4 Å². The molecule has 0 spiro atoms. The standard InChI is InChI=1S/C11H23N3O/c1-8(2)10(12)11(15)13-7-9-5-4-6-14(9)3/h8-10H,4-7,12H2,1-3H3,(H,13,15)/t9?,10-/m1/s1. The summed E-state index contributed by atoms with van der Waals surface area (Å²) in [7, 11) is 2.10. The lowest BCUT2D eigenvalue weighted by Crippen LogP contribution is -2.47. The van der Waals surface area contributed by atoms with E-state index in [0.717, 1.165) is 13.1 Å². The van der Waals surface area contributed by atoms with Crippen molar-refractivity contribution >= 4 is 5.91 Å². The average molecular weight is 213 g/mol. The fourth-order valence-electron chi connectivity index (χ4n) is 1.88. The third-order valence-corrected chi connectivity index (χ3v) is 3.20. The van der Waals surface area contributed by atoms with E-state index < -0.39 is 0 Å². The van der Waals surface area contributed by atoms with Crippen LogP contribution in [0.4, 0.5) is 0 Å². The molecular weight excluding hydrogens is 190 g/mol. The van der Waals surface area contributed by atoms with Gasteiger partial charge < -0.3 is 16.0 Å². The third-order valence-electron chi connectivity index (χ3n) is 3.20. The summed E-state index contributed by atoms with van der Waals surface area (Å²) in [6.45, 7) is 5.80. The molecule has 15 heavy (non-hydrogen) atoms. The maximum absolute atomic E-state index is 11.6. The van der Waals surface area contributed by atoms with E-state index >= 15 is 0 Å². The van der Waals surface area contributed by atoms with Crippen molar-refractivity contribution in [2.24, 2.45) is 11.7 Å². The van der Waals surface area contributed by atoms with Gasteiger partial charge in [0.25, 0.3) is 0 Å². The lowest BCUT2D eigenvalue weighted by atomic mass is 10.0. The van der Waals surface area contributed by atoms with Crippen LogP contribution in [0.25, 0.3) is 0 Å². The van der Waals surface area contributed by atoms with Crippen LogP contribution in [-0.2, 0) is 4.79 Å². The van der Waals surface area contributed by atoms with Crippen molar-refractivity contribution in [1.29, 1.82) is 0 Å². The van der Waals surface area contributed by atoms with Gasteiger partial charge in [0.15, 0.2) is 0 Å². The maximum Gasteiger partial charge on any atom is 0.237 e. The Hall–Kier alpha value is -0.610. The number of nitrogens with two attached hydrogens (primary N) is 1. The van der Waals surface area contributed by atoms with E-state index in [1.54, 1.807) is 0 Å². The van der Waals surface area contributed by atoms with E-state index in [1.165, 1.54) is 12.8 Å². The minimum atomic E-state index is -0.378. The number of rotatable bonds is 4. The first-order valence-electron chi connectivity index (χ1n) is 5.76. The van der Waals surface area contributed by atoms with Crippen molar-refractivity contribution in [1.82, 2.24) is 10.2 Å². The second kappa shape index (κ2) is 5.47. The highest BCUT2D eigenvalue weighted by Gasteiger charge is 2.23. The molecule has 88 valence electrons.